The first-order valence-corrected chi connectivity index (χ1v) is 7.38. The van der Waals surface area contributed by atoms with Gasteiger partial charge in [0.2, 0.25) is 0 Å². The Bertz CT molecular complexity index is 580. The molecule has 0 bridgehead atoms. The molecule has 0 fully saturated rings. The minimum atomic E-state index is 0.315. The van der Waals surface area contributed by atoms with E-state index in [0.29, 0.717) is 18.2 Å². The average molecular weight is 259 g/mol. The van der Waals surface area contributed by atoms with Crippen molar-refractivity contribution in [2.24, 2.45) is 0 Å². The molecule has 1 aliphatic carbocycles. The van der Waals surface area contributed by atoms with Crippen LogP contribution in [0.2, 0.25) is 0 Å². The summed E-state index contributed by atoms with van der Waals surface area (Å²) in [6.45, 7) is 4.32. The Balaban J connectivity index is 2.10. The van der Waals surface area contributed by atoms with Gasteiger partial charge in [0, 0.05) is 23.4 Å². The van der Waals surface area contributed by atoms with Gasteiger partial charge in [-0.1, -0.05) is 0 Å². The summed E-state index contributed by atoms with van der Waals surface area (Å²) >= 11 is 1.73. The van der Waals surface area contributed by atoms with E-state index in [9.17, 15) is 4.79 Å². The number of rotatable bonds is 2. The van der Waals surface area contributed by atoms with Crippen LogP contribution in [0.4, 0.5) is 0 Å². The van der Waals surface area contributed by atoms with E-state index < -0.39 is 0 Å². The second kappa shape index (κ2) is 4.39. The van der Waals surface area contributed by atoms with Gasteiger partial charge in [-0.2, -0.15) is 11.3 Å². The fourth-order valence-corrected chi connectivity index (χ4v) is 3.70. The van der Waals surface area contributed by atoms with Crippen LogP contribution in [-0.2, 0) is 6.42 Å². The molecule has 0 radical (unpaired) electrons. The third-order valence-corrected chi connectivity index (χ3v) is 4.57. The van der Waals surface area contributed by atoms with Gasteiger partial charge in [-0.05, 0) is 55.1 Å². The first kappa shape index (κ1) is 11.7. The lowest BCUT2D eigenvalue weighted by molar-refractivity contribution is 0.0971. The predicted octanol–water partition coefficient (Wildman–Crippen LogP) is 3.99. The zero-order valence-electron chi connectivity index (χ0n) is 10.8. The Morgan fingerprint density at radius 3 is 2.94 bits per heavy atom. The zero-order valence-corrected chi connectivity index (χ0v) is 11.6. The average Bonchev–Trinajstić information content (AvgIpc) is 2.96. The van der Waals surface area contributed by atoms with Crippen molar-refractivity contribution < 1.29 is 4.79 Å². The number of hydrogen-bond donors (Lipinski definition) is 0. The molecule has 0 saturated heterocycles. The number of hydrogen-bond acceptors (Lipinski definition) is 2. The van der Waals surface area contributed by atoms with Crippen LogP contribution in [-0.4, -0.2) is 10.4 Å². The summed E-state index contributed by atoms with van der Waals surface area (Å²) in [5.41, 5.74) is 4.73. The largest absolute Gasteiger partial charge is 0.341 e. The molecule has 3 heteroatoms. The molecule has 2 nitrogen and oxygen atoms in total. The van der Waals surface area contributed by atoms with Gasteiger partial charge in [-0.25, -0.2) is 0 Å². The molecule has 94 valence electrons. The molecule has 0 amide bonds. The van der Waals surface area contributed by atoms with Crippen molar-refractivity contribution in [2.45, 2.75) is 39.2 Å². The SMILES string of the molecule is Cc1cc2c(n1C(C)c1ccsc1)CCCC2=O. The van der Waals surface area contributed by atoms with Gasteiger partial charge in [0.15, 0.2) is 5.78 Å². The Morgan fingerprint density at radius 2 is 2.22 bits per heavy atom. The predicted molar refractivity (Wildman–Crippen MR) is 74.6 cm³/mol. The summed E-state index contributed by atoms with van der Waals surface area (Å²) in [5, 5.41) is 4.31. The monoisotopic (exact) mass is 259 g/mol. The van der Waals surface area contributed by atoms with Crippen molar-refractivity contribution in [3.05, 3.63) is 45.4 Å². The lowest BCUT2D eigenvalue weighted by Crippen LogP contribution is -2.16. The Hall–Kier alpha value is -1.35. The minimum absolute atomic E-state index is 0.315. The highest BCUT2D eigenvalue weighted by molar-refractivity contribution is 7.07. The number of ketones is 1. The number of aromatic nitrogens is 1. The molecule has 0 N–H and O–H groups in total. The Kier molecular flexibility index (Phi) is 2.86. The van der Waals surface area contributed by atoms with Gasteiger partial charge in [0.05, 0.1) is 6.04 Å². The molecule has 1 atom stereocenters. The number of carbonyl (C=O) groups is 1. The van der Waals surface area contributed by atoms with E-state index in [1.165, 1.54) is 17.0 Å². The fraction of sp³-hybridized carbons (Fsp3) is 0.400. The van der Waals surface area contributed by atoms with Crippen molar-refractivity contribution in [3.63, 3.8) is 0 Å². The molecular formula is C15H17NOS. The van der Waals surface area contributed by atoms with Crippen molar-refractivity contribution in [2.75, 3.05) is 0 Å². The molecule has 1 unspecified atom stereocenters. The second-order valence-corrected chi connectivity index (χ2v) is 5.81. The fourth-order valence-electron chi connectivity index (χ4n) is 2.95. The quantitative estimate of drug-likeness (QED) is 0.799. The molecule has 2 heterocycles. The Labute approximate surface area is 111 Å². The van der Waals surface area contributed by atoms with Crippen molar-refractivity contribution in [3.8, 4) is 0 Å². The number of fused-ring (bicyclic) bond motifs is 1. The van der Waals surface area contributed by atoms with Crippen LogP contribution >= 0.6 is 11.3 Å². The van der Waals surface area contributed by atoms with Crippen LogP contribution in [0.3, 0.4) is 0 Å². The van der Waals surface area contributed by atoms with Gasteiger partial charge < -0.3 is 4.57 Å². The van der Waals surface area contributed by atoms with Crippen LogP contribution in [0.1, 0.15) is 53.1 Å². The molecule has 0 saturated carbocycles. The van der Waals surface area contributed by atoms with Crippen molar-refractivity contribution in [1.29, 1.82) is 0 Å². The topological polar surface area (TPSA) is 22.0 Å². The highest BCUT2D eigenvalue weighted by Gasteiger charge is 2.25. The van der Waals surface area contributed by atoms with E-state index in [-0.39, 0.29) is 0 Å². The highest BCUT2D eigenvalue weighted by atomic mass is 32.1. The maximum atomic E-state index is 11.9. The van der Waals surface area contributed by atoms with Crippen LogP contribution < -0.4 is 0 Å². The molecule has 2 aromatic rings. The molecule has 0 aliphatic heterocycles. The molecule has 2 aromatic heterocycles. The van der Waals surface area contributed by atoms with E-state index in [4.69, 9.17) is 0 Å². The number of carbonyl (C=O) groups excluding carboxylic acids is 1. The number of thiophene rings is 1. The molecule has 3 rings (SSSR count). The summed E-state index contributed by atoms with van der Waals surface area (Å²) in [7, 11) is 0. The number of Topliss-reactive ketones (excluding diaryl/α,β-unsaturated/α-hetero) is 1. The van der Waals surface area contributed by atoms with Crippen molar-refractivity contribution >= 4 is 17.1 Å². The van der Waals surface area contributed by atoms with Crippen LogP contribution in [0.15, 0.2) is 22.9 Å². The number of nitrogens with zero attached hydrogens (tertiary/aromatic N) is 1. The summed E-state index contributed by atoms with van der Waals surface area (Å²) in [6.07, 6.45) is 2.73. The molecule has 1 aliphatic rings. The summed E-state index contributed by atoms with van der Waals surface area (Å²) in [6, 6.07) is 4.57. The zero-order chi connectivity index (χ0) is 12.7. The normalized spacial score (nSPS) is 16.7. The minimum Gasteiger partial charge on any atom is -0.341 e. The lowest BCUT2D eigenvalue weighted by atomic mass is 9.96. The van der Waals surface area contributed by atoms with Gasteiger partial charge in [-0.15, -0.1) is 0 Å². The van der Waals surface area contributed by atoms with Gasteiger partial charge in [0.25, 0.3) is 0 Å². The third kappa shape index (κ3) is 1.74. The van der Waals surface area contributed by atoms with E-state index in [0.717, 1.165) is 18.4 Å². The van der Waals surface area contributed by atoms with E-state index in [1.807, 2.05) is 0 Å². The van der Waals surface area contributed by atoms with Crippen LogP contribution in [0.25, 0.3) is 0 Å². The van der Waals surface area contributed by atoms with Crippen LogP contribution in [0.5, 0.6) is 0 Å². The first-order valence-electron chi connectivity index (χ1n) is 6.44. The van der Waals surface area contributed by atoms with E-state index in [2.05, 4.69) is 41.3 Å². The molecule has 18 heavy (non-hydrogen) atoms. The maximum absolute atomic E-state index is 11.9. The Morgan fingerprint density at radius 1 is 1.39 bits per heavy atom. The molecule has 0 aromatic carbocycles. The van der Waals surface area contributed by atoms with Gasteiger partial charge in [-0.3, -0.25) is 4.79 Å². The van der Waals surface area contributed by atoms with E-state index in [1.54, 1.807) is 11.3 Å². The second-order valence-electron chi connectivity index (χ2n) is 5.03. The highest BCUT2D eigenvalue weighted by Crippen LogP contribution is 2.31. The van der Waals surface area contributed by atoms with Gasteiger partial charge in [0.1, 0.15) is 0 Å². The summed E-state index contributed by atoms with van der Waals surface area (Å²) in [4.78, 5) is 11.9. The summed E-state index contributed by atoms with van der Waals surface area (Å²) < 4.78 is 2.34. The maximum Gasteiger partial charge on any atom is 0.164 e. The van der Waals surface area contributed by atoms with E-state index >= 15 is 0 Å². The standard InChI is InChI=1S/C15H17NOS/c1-10-8-13-14(4-3-5-15(13)17)16(10)11(2)12-6-7-18-9-12/h6-9,11H,3-5H2,1-2H3. The van der Waals surface area contributed by atoms with Gasteiger partial charge >= 0.3 is 0 Å². The summed E-state index contributed by atoms with van der Waals surface area (Å²) in [5.74, 6) is 0.315. The smallest absolute Gasteiger partial charge is 0.164 e. The molecular weight excluding hydrogens is 242 g/mol. The van der Waals surface area contributed by atoms with Crippen LogP contribution in [0, 0.1) is 6.92 Å². The lowest BCUT2D eigenvalue weighted by Gasteiger charge is -2.21. The molecule has 0 spiro atoms. The number of aryl methyl sites for hydroxylation is 1. The first-order chi connectivity index (χ1) is 8.68. The van der Waals surface area contributed by atoms with Crippen molar-refractivity contribution in [1.82, 2.24) is 4.57 Å². The third-order valence-electron chi connectivity index (χ3n) is 3.87.